The Hall–Kier alpha value is -2.12. The third-order valence-electron chi connectivity index (χ3n) is 1.96. The van der Waals surface area contributed by atoms with Crippen molar-refractivity contribution >= 4 is 17.6 Å². The van der Waals surface area contributed by atoms with Crippen LogP contribution < -0.4 is 5.23 Å². The van der Waals surface area contributed by atoms with Gasteiger partial charge in [0.15, 0.2) is 0 Å². The van der Waals surface area contributed by atoms with E-state index in [9.17, 15) is 9.59 Å². The Bertz CT molecular complexity index is 442. The van der Waals surface area contributed by atoms with Gasteiger partial charge >= 0.3 is 11.9 Å². The van der Waals surface area contributed by atoms with Crippen molar-refractivity contribution in [2.45, 2.75) is 6.92 Å². The summed E-state index contributed by atoms with van der Waals surface area (Å²) in [6.45, 7) is 1.72. The Morgan fingerprint density at radius 2 is 2.00 bits per heavy atom. The summed E-state index contributed by atoms with van der Waals surface area (Å²) in [4.78, 5) is 22.1. The Labute approximate surface area is 96.4 Å². The Kier molecular flexibility index (Phi) is 4.02. The summed E-state index contributed by atoms with van der Waals surface area (Å²) >= 11 is 0. The van der Waals surface area contributed by atoms with E-state index in [-0.39, 0.29) is 28.6 Å². The molecule has 1 aromatic rings. The van der Waals surface area contributed by atoms with Crippen molar-refractivity contribution in [1.82, 2.24) is 0 Å². The summed E-state index contributed by atoms with van der Waals surface area (Å²) in [5.41, 5.74) is -0.675. The minimum Gasteiger partial charge on any atom is -0.478 e. The van der Waals surface area contributed by atoms with Crippen LogP contribution in [0.1, 0.15) is 27.6 Å². The lowest BCUT2D eigenvalue weighted by Crippen LogP contribution is -2.17. The molecule has 0 heterocycles. The van der Waals surface area contributed by atoms with Crippen LogP contribution in [0.4, 0.5) is 5.69 Å². The standard InChI is InChI=1S/C10H11NO6/c1-2-17-10(14)7-4-3-6(9(12)13)5-8(7)11(15)16/h3-5,15-16H,2H2,1H3,(H,12,13). The number of aromatic carboxylic acids is 1. The van der Waals surface area contributed by atoms with E-state index < -0.39 is 11.9 Å². The number of anilines is 1. The second-order valence-corrected chi connectivity index (χ2v) is 3.05. The second-order valence-electron chi connectivity index (χ2n) is 3.05. The molecular formula is C10H11NO6. The molecule has 0 unspecified atom stereocenters. The lowest BCUT2D eigenvalue weighted by molar-refractivity contribution is 0.0266. The summed E-state index contributed by atoms with van der Waals surface area (Å²) in [6, 6.07) is 3.27. The molecule has 1 aromatic carbocycles. The van der Waals surface area contributed by atoms with Crippen molar-refractivity contribution in [3.63, 3.8) is 0 Å². The fraction of sp³-hybridized carbons (Fsp3) is 0.200. The predicted molar refractivity (Wildman–Crippen MR) is 55.4 cm³/mol. The van der Waals surface area contributed by atoms with Gasteiger partial charge in [0.1, 0.15) is 5.69 Å². The van der Waals surface area contributed by atoms with Crippen LogP contribution in [0.5, 0.6) is 0 Å². The highest BCUT2D eigenvalue weighted by Crippen LogP contribution is 2.21. The van der Waals surface area contributed by atoms with E-state index in [1.165, 1.54) is 6.07 Å². The number of carbonyl (C=O) groups is 2. The predicted octanol–water partition coefficient (Wildman–Crippen LogP) is 1.15. The topological polar surface area (TPSA) is 107 Å². The van der Waals surface area contributed by atoms with E-state index in [0.29, 0.717) is 0 Å². The van der Waals surface area contributed by atoms with E-state index in [2.05, 4.69) is 4.74 Å². The van der Waals surface area contributed by atoms with Crippen LogP contribution in [-0.4, -0.2) is 34.1 Å². The lowest BCUT2D eigenvalue weighted by Gasteiger charge is -2.13. The summed E-state index contributed by atoms with van der Waals surface area (Å²) in [5, 5.41) is 26.2. The number of hydrogen-bond acceptors (Lipinski definition) is 6. The van der Waals surface area contributed by atoms with E-state index in [1.54, 1.807) is 6.92 Å². The number of ether oxygens (including phenoxy) is 1. The van der Waals surface area contributed by atoms with Crippen LogP contribution >= 0.6 is 0 Å². The molecule has 0 bridgehead atoms. The van der Waals surface area contributed by atoms with Gasteiger partial charge in [0, 0.05) is 0 Å². The molecule has 7 heteroatoms. The highest BCUT2D eigenvalue weighted by molar-refractivity contribution is 5.98. The third-order valence-corrected chi connectivity index (χ3v) is 1.96. The fourth-order valence-electron chi connectivity index (χ4n) is 1.21. The molecule has 0 fully saturated rings. The summed E-state index contributed by atoms with van der Waals surface area (Å²) < 4.78 is 4.68. The molecular weight excluding hydrogens is 230 g/mol. The maximum Gasteiger partial charge on any atom is 0.340 e. The molecule has 0 saturated heterocycles. The minimum absolute atomic E-state index is 0.121. The zero-order valence-corrected chi connectivity index (χ0v) is 8.95. The van der Waals surface area contributed by atoms with Gasteiger partial charge in [0.25, 0.3) is 0 Å². The Balaban J connectivity index is 3.22. The van der Waals surface area contributed by atoms with Crippen LogP contribution in [0.2, 0.25) is 0 Å². The highest BCUT2D eigenvalue weighted by Gasteiger charge is 2.18. The van der Waals surface area contributed by atoms with Gasteiger partial charge in [-0.15, -0.1) is 5.23 Å². The largest absolute Gasteiger partial charge is 0.478 e. The van der Waals surface area contributed by atoms with Crippen molar-refractivity contribution in [3.8, 4) is 0 Å². The second kappa shape index (κ2) is 5.28. The van der Waals surface area contributed by atoms with Crippen LogP contribution in [0, 0.1) is 0 Å². The molecule has 7 nitrogen and oxygen atoms in total. The molecule has 3 N–H and O–H groups in total. The first kappa shape index (κ1) is 12.9. The molecule has 0 aliphatic heterocycles. The van der Waals surface area contributed by atoms with Crippen LogP contribution in [0.25, 0.3) is 0 Å². The maximum atomic E-state index is 11.4. The quantitative estimate of drug-likeness (QED) is 0.536. The van der Waals surface area contributed by atoms with Crippen molar-refractivity contribution in [2.24, 2.45) is 0 Å². The number of rotatable bonds is 4. The number of carboxylic acid groups (broad SMARTS) is 1. The third kappa shape index (κ3) is 2.92. The van der Waals surface area contributed by atoms with Crippen molar-refractivity contribution in [3.05, 3.63) is 29.3 Å². The molecule has 1 rings (SSSR count). The molecule has 0 spiro atoms. The monoisotopic (exact) mass is 241 g/mol. The zero-order valence-electron chi connectivity index (χ0n) is 8.95. The molecule has 0 aliphatic rings. The van der Waals surface area contributed by atoms with Gasteiger partial charge in [0.2, 0.25) is 0 Å². The summed E-state index contributed by atoms with van der Waals surface area (Å²) in [5.74, 6) is -2.02. The number of carboxylic acids is 1. The average molecular weight is 241 g/mol. The van der Waals surface area contributed by atoms with E-state index in [4.69, 9.17) is 15.5 Å². The van der Waals surface area contributed by atoms with Crippen LogP contribution in [0.15, 0.2) is 18.2 Å². The number of benzene rings is 1. The van der Waals surface area contributed by atoms with Gasteiger partial charge in [0.05, 0.1) is 17.7 Å². The number of nitrogens with zero attached hydrogens (tertiary/aromatic N) is 1. The molecule has 0 aromatic heterocycles. The molecule has 0 atom stereocenters. The van der Waals surface area contributed by atoms with Gasteiger partial charge < -0.3 is 9.84 Å². The Morgan fingerprint density at radius 1 is 1.35 bits per heavy atom. The smallest absolute Gasteiger partial charge is 0.340 e. The molecule has 0 saturated carbocycles. The van der Waals surface area contributed by atoms with Crippen LogP contribution in [0.3, 0.4) is 0 Å². The normalized spacial score (nSPS) is 9.82. The molecule has 0 aliphatic carbocycles. The minimum atomic E-state index is -1.25. The van der Waals surface area contributed by atoms with Gasteiger partial charge in [-0.05, 0) is 25.1 Å². The van der Waals surface area contributed by atoms with Crippen molar-refractivity contribution in [1.29, 1.82) is 0 Å². The van der Waals surface area contributed by atoms with Crippen molar-refractivity contribution < 1.29 is 29.8 Å². The maximum absolute atomic E-state index is 11.4. The highest BCUT2D eigenvalue weighted by atomic mass is 16.8. The number of hydrogen-bond donors (Lipinski definition) is 3. The molecule has 0 radical (unpaired) electrons. The summed E-state index contributed by atoms with van der Waals surface area (Å²) in [6.07, 6.45) is 0. The van der Waals surface area contributed by atoms with Gasteiger partial charge in [-0.25, -0.2) is 9.59 Å². The number of esters is 1. The molecule has 92 valence electrons. The Morgan fingerprint density at radius 3 is 2.47 bits per heavy atom. The van der Waals surface area contributed by atoms with E-state index in [0.717, 1.165) is 12.1 Å². The summed E-state index contributed by atoms with van der Waals surface area (Å²) in [7, 11) is 0. The van der Waals surface area contributed by atoms with Crippen molar-refractivity contribution in [2.75, 3.05) is 11.8 Å². The number of carbonyl (C=O) groups excluding carboxylic acids is 1. The van der Waals surface area contributed by atoms with Gasteiger partial charge in [-0.3, -0.25) is 10.4 Å². The molecule has 17 heavy (non-hydrogen) atoms. The first-order valence-corrected chi connectivity index (χ1v) is 4.69. The zero-order chi connectivity index (χ0) is 13.0. The first-order chi connectivity index (χ1) is 7.97. The lowest BCUT2D eigenvalue weighted by atomic mass is 10.1. The van der Waals surface area contributed by atoms with Gasteiger partial charge in [-0.1, -0.05) is 0 Å². The van der Waals surface area contributed by atoms with Gasteiger partial charge in [-0.2, -0.15) is 0 Å². The first-order valence-electron chi connectivity index (χ1n) is 4.69. The SMILES string of the molecule is CCOC(=O)c1ccc(C(=O)O)cc1N(O)O. The average Bonchev–Trinajstić information content (AvgIpc) is 2.28. The molecule has 0 amide bonds. The van der Waals surface area contributed by atoms with E-state index >= 15 is 0 Å². The van der Waals surface area contributed by atoms with Crippen LogP contribution in [-0.2, 0) is 4.74 Å². The van der Waals surface area contributed by atoms with E-state index in [1.807, 2.05) is 0 Å². The fourth-order valence-corrected chi connectivity index (χ4v) is 1.21.